The van der Waals surface area contributed by atoms with Crippen LogP contribution in [0.15, 0.2) is 66.7 Å². The van der Waals surface area contributed by atoms with E-state index >= 15 is 0 Å². The lowest BCUT2D eigenvalue weighted by molar-refractivity contribution is 0.102. The van der Waals surface area contributed by atoms with Crippen LogP contribution in [0.5, 0.6) is 0 Å². The summed E-state index contributed by atoms with van der Waals surface area (Å²) in [5.41, 5.74) is 2.14. The molecule has 5 nitrogen and oxygen atoms in total. The van der Waals surface area contributed by atoms with Crippen LogP contribution in [0.4, 0.5) is 16.2 Å². The van der Waals surface area contributed by atoms with E-state index in [0.29, 0.717) is 16.9 Å². The van der Waals surface area contributed by atoms with E-state index in [2.05, 4.69) is 17.2 Å². The van der Waals surface area contributed by atoms with Gasteiger partial charge in [-0.05, 0) is 36.8 Å². The summed E-state index contributed by atoms with van der Waals surface area (Å²) < 4.78 is 4.98. The van der Waals surface area contributed by atoms with Gasteiger partial charge in [-0.15, -0.1) is 0 Å². The average Bonchev–Trinajstić information content (AvgIpc) is 2.54. The highest BCUT2D eigenvalue weighted by molar-refractivity contribution is 6.09. The molecule has 0 bridgehead atoms. The number of hydrogen-bond donors (Lipinski definition) is 2. The van der Waals surface area contributed by atoms with Gasteiger partial charge in [-0.2, -0.15) is 0 Å². The van der Waals surface area contributed by atoms with Crippen molar-refractivity contribution in [3.05, 3.63) is 72.3 Å². The third-order valence-electron chi connectivity index (χ3n) is 2.89. The fraction of sp³-hybridized carbons (Fsp3) is 0.111. The van der Waals surface area contributed by atoms with E-state index in [1.807, 2.05) is 18.2 Å². The summed E-state index contributed by atoms with van der Waals surface area (Å²) in [6.45, 7) is 5.55. The van der Waals surface area contributed by atoms with Crippen molar-refractivity contribution >= 4 is 23.4 Å². The van der Waals surface area contributed by atoms with E-state index in [9.17, 15) is 9.59 Å². The van der Waals surface area contributed by atoms with Gasteiger partial charge in [0.2, 0.25) is 0 Å². The zero-order chi connectivity index (χ0) is 16.7. The van der Waals surface area contributed by atoms with E-state index in [4.69, 9.17) is 4.74 Å². The van der Waals surface area contributed by atoms with Crippen LogP contribution in [0.2, 0.25) is 0 Å². The Bertz CT molecular complexity index is 711. The predicted molar refractivity (Wildman–Crippen MR) is 90.6 cm³/mol. The Balaban J connectivity index is 2.09. The number of rotatable bonds is 5. The van der Waals surface area contributed by atoms with Crippen molar-refractivity contribution in [2.24, 2.45) is 0 Å². The summed E-state index contributed by atoms with van der Waals surface area (Å²) in [4.78, 5) is 24.1. The van der Waals surface area contributed by atoms with Gasteiger partial charge in [0.15, 0.2) is 0 Å². The van der Waals surface area contributed by atoms with Gasteiger partial charge in [0.25, 0.3) is 5.91 Å². The summed E-state index contributed by atoms with van der Waals surface area (Å²) in [5.74, 6) is -0.313. The summed E-state index contributed by atoms with van der Waals surface area (Å²) in [6.07, 6.45) is -0.632. The molecule has 0 atom stereocenters. The highest BCUT2D eigenvalue weighted by atomic mass is 16.5. The normalized spacial score (nSPS) is 9.78. The molecular weight excluding hydrogens is 292 g/mol. The molecule has 0 saturated heterocycles. The zero-order valence-electron chi connectivity index (χ0n) is 12.8. The van der Waals surface area contributed by atoms with E-state index in [-0.39, 0.29) is 12.5 Å². The molecule has 5 heteroatoms. The predicted octanol–water partition coefficient (Wildman–Crippen LogP) is 4.06. The van der Waals surface area contributed by atoms with Gasteiger partial charge in [-0.25, -0.2) is 4.79 Å². The molecule has 2 N–H and O–H groups in total. The van der Waals surface area contributed by atoms with E-state index in [1.165, 1.54) is 0 Å². The van der Waals surface area contributed by atoms with Crippen molar-refractivity contribution in [2.75, 3.05) is 17.2 Å². The molecule has 2 aromatic carbocycles. The van der Waals surface area contributed by atoms with Crippen molar-refractivity contribution in [2.45, 2.75) is 6.92 Å². The molecule has 0 unspecified atom stereocenters. The third-order valence-corrected chi connectivity index (χ3v) is 2.89. The first-order chi connectivity index (χ1) is 11.1. The highest BCUT2D eigenvalue weighted by Crippen LogP contribution is 2.17. The fourth-order valence-electron chi connectivity index (χ4n) is 1.84. The van der Waals surface area contributed by atoms with Gasteiger partial charge < -0.3 is 10.1 Å². The van der Waals surface area contributed by atoms with Crippen LogP contribution in [-0.2, 0) is 4.74 Å². The number of hydrogen-bond acceptors (Lipinski definition) is 3. The Morgan fingerprint density at radius 2 is 1.65 bits per heavy atom. The van der Waals surface area contributed by atoms with E-state index in [1.54, 1.807) is 43.3 Å². The molecule has 2 aromatic rings. The molecule has 0 aliphatic heterocycles. The van der Waals surface area contributed by atoms with Crippen LogP contribution >= 0.6 is 0 Å². The first-order valence-corrected chi connectivity index (χ1v) is 7.10. The van der Waals surface area contributed by atoms with Crippen LogP contribution in [0.25, 0.3) is 0 Å². The molecule has 0 aliphatic carbocycles. The fourth-order valence-corrected chi connectivity index (χ4v) is 1.84. The summed E-state index contributed by atoms with van der Waals surface area (Å²) in [6, 6.07) is 15.8. The molecule has 2 amide bonds. The zero-order valence-corrected chi connectivity index (χ0v) is 12.8. The molecule has 23 heavy (non-hydrogen) atoms. The van der Waals surface area contributed by atoms with Crippen molar-refractivity contribution in [1.82, 2.24) is 0 Å². The number of nitrogens with one attached hydrogen (secondary N) is 2. The Morgan fingerprint density at radius 1 is 1.00 bits per heavy atom. The highest BCUT2D eigenvalue weighted by Gasteiger charge is 2.13. The van der Waals surface area contributed by atoms with Crippen molar-refractivity contribution < 1.29 is 14.3 Å². The molecule has 0 aromatic heterocycles. The van der Waals surface area contributed by atoms with Gasteiger partial charge in [-0.3, -0.25) is 10.1 Å². The lowest BCUT2D eigenvalue weighted by Crippen LogP contribution is -2.19. The number of para-hydroxylation sites is 2. The first-order valence-electron chi connectivity index (χ1n) is 7.10. The average molecular weight is 310 g/mol. The third kappa shape index (κ3) is 5.00. The molecule has 0 spiro atoms. The summed E-state index contributed by atoms with van der Waals surface area (Å²) >= 11 is 0. The second kappa shape index (κ2) is 7.79. The van der Waals surface area contributed by atoms with Gasteiger partial charge in [-0.1, -0.05) is 36.9 Å². The SMILES string of the molecule is C=C(C)COC(=O)Nc1ccccc1C(=O)Nc1ccccc1. The Labute approximate surface area is 135 Å². The number of anilines is 2. The van der Waals surface area contributed by atoms with Crippen LogP contribution in [0.3, 0.4) is 0 Å². The standard InChI is InChI=1S/C18H18N2O3/c1-13(2)12-23-18(22)20-16-11-7-6-10-15(16)17(21)19-14-8-4-3-5-9-14/h3-11H,1,12H2,2H3,(H,19,21)(H,20,22). The summed E-state index contributed by atoms with van der Waals surface area (Å²) in [5, 5.41) is 5.35. The van der Waals surface area contributed by atoms with Crippen molar-refractivity contribution in [3.63, 3.8) is 0 Å². The first kappa shape index (κ1) is 16.3. The molecule has 0 radical (unpaired) electrons. The van der Waals surface area contributed by atoms with Gasteiger partial charge in [0.05, 0.1) is 11.3 Å². The number of amides is 2. The Morgan fingerprint density at radius 3 is 2.35 bits per heavy atom. The Kier molecular flexibility index (Phi) is 5.52. The van der Waals surface area contributed by atoms with Gasteiger partial charge in [0, 0.05) is 5.69 Å². The quantitative estimate of drug-likeness (QED) is 0.818. The van der Waals surface area contributed by atoms with Crippen LogP contribution < -0.4 is 10.6 Å². The number of ether oxygens (including phenoxy) is 1. The monoisotopic (exact) mass is 310 g/mol. The van der Waals surface area contributed by atoms with Gasteiger partial charge in [0.1, 0.15) is 6.61 Å². The minimum absolute atomic E-state index is 0.129. The number of carbonyl (C=O) groups excluding carboxylic acids is 2. The van der Waals surface area contributed by atoms with Gasteiger partial charge >= 0.3 is 6.09 Å². The molecule has 2 rings (SSSR count). The minimum atomic E-state index is -0.632. The molecule has 0 aliphatic rings. The topological polar surface area (TPSA) is 67.4 Å². The van der Waals surface area contributed by atoms with Crippen molar-refractivity contribution in [1.29, 1.82) is 0 Å². The minimum Gasteiger partial charge on any atom is -0.445 e. The smallest absolute Gasteiger partial charge is 0.411 e. The molecule has 118 valence electrons. The number of benzene rings is 2. The maximum absolute atomic E-state index is 12.4. The van der Waals surface area contributed by atoms with Crippen LogP contribution in [-0.4, -0.2) is 18.6 Å². The second-order valence-corrected chi connectivity index (χ2v) is 5.02. The van der Waals surface area contributed by atoms with Crippen molar-refractivity contribution in [3.8, 4) is 0 Å². The summed E-state index contributed by atoms with van der Waals surface area (Å²) in [7, 11) is 0. The molecule has 0 heterocycles. The maximum atomic E-state index is 12.4. The van der Waals surface area contributed by atoms with Crippen LogP contribution in [0, 0.1) is 0 Å². The largest absolute Gasteiger partial charge is 0.445 e. The Hall–Kier alpha value is -3.08. The molecule has 0 saturated carbocycles. The molecular formula is C18H18N2O3. The number of carbonyl (C=O) groups is 2. The maximum Gasteiger partial charge on any atom is 0.411 e. The van der Waals surface area contributed by atoms with E-state index in [0.717, 1.165) is 5.57 Å². The van der Waals surface area contributed by atoms with Crippen LogP contribution in [0.1, 0.15) is 17.3 Å². The second-order valence-electron chi connectivity index (χ2n) is 5.02. The molecule has 0 fully saturated rings. The lowest BCUT2D eigenvalue weighted by Gasteiger charge is -2.11. The van der Waals surface area contributed by atoms with E-state index < -0.39 is 6.09 Å². The lowest BCUT2D eigenvalue weighted by atomic mass is 10.1.